The molecule has 0 bridgehead atoms. The van der Waals surface area contributed by atoms with Gasteiger partial charge in [0.15, 0.2) is 0 Å². The monoisotopic (exact) mass is 312 g/mol. The molecule has 110 valence electrons. The van der Waals surface area contributed by atoms with E-state index in [0.29, 0.717) is 10.6 Å². The standard InChI is InChI=1S/C17H13ClN2O2/c18-15-6-4-13(5-7-15)14-2-1-3-16(9-14)20-11-12(10-19-20)8-17(21)22/h1-7,9-11H,8H2,(H,21,22). The van der Waals surface area contributed by atoms with Crippen molar-refractivity contribution in [2.45, 2.75) is 6.42 Å². The number of benzene rings is 2. The molecule has 3 rings (SSSR count). The van der Waals surface area contributed by atoms with Gasteiger partial charge in [0.1, 0.15) is 0 Å². The van der Waals surface area contributed by atoms with Crippen molar-refractivity contribution in [3.8, 4) is 16.8 Å². The van der Waals surface area contributed by atoms with E-state index in [9.17, 15) is 4.79 Å². The number of aliphatic carboxylic acids is 1. The van der Waals surface area contributed by atoms with Crippen LogP contribution in [0.25, 0.3) is 16.8 Å². The van der Waals surface area contributed by atoms with Gasteiger partial charge < -0.3 is 5.11 Å². The zero-order chi connectivity index (χ0) is 15.5. The van der Waals surface area contributed by atoms with E-state index < -0.39 is 5.97 Å². The van der Waals surface area contributed by atoms with E-state index in [1.165, 1.54) is 0 Å². The second-order valence-corrected chi connectivity index (χ2v) is 5.36. The van der Waals surface area contributed by atoms with Crippen LogP contribution in [0.3, 0.4) is 0 Å². The first-order chi connectivity index (χ1) is 10.6. The smallest absolute Gasteiger partial charge is 0.307 e. The fourth-order valence-electron chi connectivity index (χ4n) is 2.24. The Morgan fingerprint density at radius 3 is 2.64 bits per heavy atom. The number of carbonyl (C=O) groups is 1. The first-order valence-corrected chi connectivity index (χ1v) is 7.11. The van der Waals surface area contributed by atoms with Gasteiger partial charge in [-0.2, -0.15) is 5.10 Å². The summed E-state index contributed by atoms with van der Waals surface area (Å²) in [5.74, 6) is -0.866. The van der Waals surface area contributed by atoms with E-state index in [2.05, 4.69) is 5.10 Å². The highest BCUT2D eigenvalue weighted by Gasteiger charge is 2.06. The summed E-state index contributed by atoms with van der Waals surface area (Å²) in [6.07, 6.45) is 3.27. The molecule has 0 radical (unpaired) electrons. The maximum atomic E-state index is 10.7. The number of carboxylic acids is 1. The number of carboxylic acid groups (broad SMARTS) is 1. The lowest BCUT2D eigenvalue weighted by molar-refractivity contribution is -0.136. The van der Waals surface area contributed by atoms with Gasteiger partial charge >= 0.3 is 5.97 Å². The Morgan fingerprint density at radius 2 is 1.91 bits per heavy atom. The molecule has 0 aliphatic carbocycles. The van der Waals surface area contributed by atoms with Gasteiger partial charge in [0, 0.05) is 16.8 Å². The Labute approximate surface area is 132 Å². The number of hydrogen-bond acceptors (Lipinski definition) is 2. The SMILES string of the molecule is O=C(O)Cc1cnn(-c2cccc(-c3ccc(Cl)cc3)c2)c1. The van der Waals surface area contributed by atoms with Gasteiger partial charge in [-0.15, -0.1) is 0 Å². The Kier molecular flexibility index (Phi) is 3.94. The Hall–Kier alpha value is -2.59. The van der Waals surface area contributed by atoms with Crippen molar-refractivity contribution >= 4 is 17.6 Å². The molecule has 1 aromatic heterocycles. The summed E-state index contributed by atoms with van der Waals surface area (Å²) in [6.45, 7) is 0. The zero-order valence-corrected chi connectivity index (χ0v) is 12.4. The lowest BCUT2D eigenvalue weighted by Gasteiger charge is -2.06. The van der Waals surface area contributed by atoms with Crippen molar-refractivity contribution in [2.24, 2.45) is 0 Å². The Bertz CT molecular complexity index is 810. The van der Waals surface area contributed by atoms with E-state index >= 15 is 0 Å². The van der Waals surface area contributed by atoms with Crippen LogP contribution >= 0.6 is 11.6 Å². The Morgan fingerprint density at radius 1 is 1.14 bits per heavy atom. The second kappa shape index (κ2) is 6.03. The van der Waals surface area contributed by atoms with Gasteiger partial charge in [-0.25, -0.2) is 4.68 Å². The average Bonchev–Trinajstić information content (AvgIpc) is 2.96. The third kappa shape index (κ3) is 3.18. The predicted octanol–water partition coefficient (Wildman–Crippen LogP) is 3.82. The van der Waals surface area contributed by atoms with Gasteiger partial charge in [-0.1, -0.05) is 35.9 Å². The molecule has 0 unspecified atom stereocenters. The van der Waals surface area contributed by atoms with Crippen molar-refractivity contribution in [3.05, 3.63) is 71.5 Å². The van der Waals surface area contributed by atoms with Crippen molar-refractivity contribution in [2.75, 3.05) is 0 Å². The van der Waals surface area contributed by atoms with Gasteiger partial charge in [-0.05, 0) is 35.4 Å². The van der Waals surface area contributed by atoms with Gasteiger partial charge in [0.05, 0.1) is 18.3 Å². The van der Waals surface area contributed by atoms with Crippen molar-refractivity contribution in [1.29, 1.82) is 0 Å². The van der Waals surface area contributed by atoms with E-state index in [-0.39, 0.29) is 6.42 Å². The topological polar surface area (TPSA) is 55.1 Å². The quantitative estimate of drug-likeness (QED) is 0.796. The Balaban J connectivity index is 1.92. The number of nitrogens with zero attached hydrogens (tertiary/aromatic N) is 2. The van der Waals surface area contributed by atoms with Crippen LogP contribution in [0.15, 0.2) is 60.9 Å². The molecule has 4 nitrogen and oxygen atoms in total. The zero-order valence-electron chi connectivity index (χ0n) is 11.6. The summed E-state index contributed by atoms with van der Waals surface area (Å²) in [4.78, 5) is 10.7. The van der Waals surface area contributed by atoms with Crippen molar-refractivity contribution in [1.82, 2.24) is 9.78 Å². The van der Waals surface area contributed by atoms with Crippen molar-refractivity contribution in [3.63, 3.8) is 0 Å². The average molecular weight is 313 g/mol. The highest BCUT2D eigenvalue weighted by atomic mass is 35.5. The van der Waals surface area contributed by atoms with Gasteiger partial charge in [0.25, 0.3) is 0 Å². The molecule has 0 saturated heterocycles. The molecular formula is C17H13ClN2O2. The molecule has 0 saturated carbocycles. The van der Waals surface area contributed by atoms with Gasteiger partial charge in [0.2, 0.25) is 0 Å². The normalized spacial score (nSPS) is 10.6. The number of halogens is 1. The largest absolute Gasteiger partial charge is 0.481 e. The van der Waals surface area contributed by atoms with Crippen LogP contribution in [-0.4, -0.2) is 20.9 Å². The molecule has 22 heavy (non-hydrogen) atoms. The van der Waals surface area contributed by atoms with Crippen LogP contribution in [0.2, 0.25) is 5.02 Å². The second-order valence-electron chi connectivity index (χ2n) is 4.92. The summed E-state index contributed by atoms with van der Waals surface area (Å²) >= 11 is 5.91. The van der Waals surface area contributed by atoms with Crippen LogP contribution in [0.5, 0.6) is 0 Å². The van der Waals surface area contributed by atoms with Gasteiger partial charge in [-0.3, -0.25) is 4.79 Å². The molecule has 3 aromatic rings. The fraction of sp³-hybridized carbons (Fsp3) is 0.0588. The number of rotatable bonds is 4. The lowest BCUT2D eigenvalue weighted by atomic mass is 10.1. The van der Waals surface area contributed by atoms with Crippen LogP contribution in [0.4, 0.5) is 0 Å². The molecular weight excluding hydrogens is 300 g/mol. The van der Waals surface area contributed by atoms with E-state index in [1.807, 2.05) is 48.5 Å². The summed E-state index contributed by atoms with van der Waals surface area (Å²) in [5.41, 5.74) is 3.65. The molecule has 2 aromatic carbocycles. The molecule has 0 aliphatic heterocycles. The minimum Gasteiger partial charge on any atom is -0.481 e. The van der Waals surface area contributed by atoms with E-state index in [4.69, 9.17) is 16.7 Å². The highest BCUT2D eigenvalue weighted by Crippen LogP contribution is 2.23. The molecule has 0 fully saturated rings. The molecule has 0 aliphatic rings. The summed E-state index contributed by atoms with van der Waals surface area (Å²) in [6, 6.07) is 15.5. The van der Waals surface area contributed by atoms with E-state index in [1.54, 1.807) is 17.1 Å². The third-order valence-electron chi connectivity index (χ3n) is 3.28. The van der Waals surface area contributed by atoms with Crippen LogP contribution in [0, 0.1) is 0 Å². The summed E-state index contributed by atoms with van der Waals surface area (Å²) in [5, 5.41) is 13.7. The fourth-order valence-corrected chi connectivity index (χ4v) is 2.36. The number of hydrogen-bond donors (Lipinski definition) is 1. The minimum atomic E-state index is -0.866. The number of aromatic nitrogens is 2. The van der Waals surface area contributed by atoms with Crippen LogP contribution in [-0.2, 0) is 11.2 Å². The highest BCUT2D eigenvalue weighted by molar-refractivity contribution is 6.30. The van der Waals surface area contributed by atoms with Crippen LogP contribution in [0.1, 0.15) is 5.56 Å². The summed E-state index contributed by atoms with van der Waals surface area (Å²) < 4.78 is 1.68. The molecule has 5 heteroatoms. The minimum absolute atomic E-state index is 0.0309. The predicted molar refractivity (Wildman–Crippen MR) is 85.3 cm³/mol. The molecule has 0 atom stereocenters. The third-order valence-corrected chi connectivity index (χ3v) is 3.53. The lowest BCUT2D eigenvalue weighted by Crippen LogP contribution is -1.99. The molecule has 0 spiro atoms. The molecule has 1 N–H and O–H groups in total. The summed E-state index contributed by atoms with van der Waals surface area (Å²) in [7, 11) is 0. The van der Waals surface area contributed by atoms with Crippen molar-refractivity contribution < 1.29 is 9.90 Å². The first kappa shape index (κ1) is 14.4. The van der Waals surface area contributed by atoms with Crippen LogP contribution < -0.4 is 0 Å². The maximum Gasteiger partial charge on any atom is 0.307 e. The molecule has 1 heterocycles. The first-order valence-electron chi connectivity index (χ1n) is 6.73. The van der Waals surface area contributed by atoms with E-state index in [0.717, 1.165) is 16.8 Å². The molecule has 0 amide bonds. The maximum absolute atomic E-state index is 10.7.